The molecule has 1 heterocycles. The lowest BCUT2D eigenvalue weighted by atomic mass is 9.68. The second-order valence-corrected chi connectivity index (χ2v) is 19.3. The van der Waals surface area contributed by atoms with Gasteiger partial charge >= 0.3 is 0 Å². The highest BCUT2D eigenvalue weighted by Crippen LogP contribution is 2.50. The lowest BCUT2D eigenvalue weighted by molar-refractivity contribution is -0.150. The number of ketones is 1. The standard InChI is InChI=1S/C32H41BrO5Si/c1-30(2,3)39(8,9)36-18-27-26(37-32(6,7)38-27)17-35-21-11-13-24-23(16-21)29(34)28-22-12-10-20(33)14-19(22)15-25(28)31(24,4)5/h10-14,16,26-27H,15,17-18H2,1-9H3/t26-,27-/m1/s1. The van der Waals surface area contributed by atoms with Crippen LogP contribution in [0.2, 0.25) is 18.1 Å². The molecule has 2 aliphatic carbocycles. The summed E-state index contributed by atoms with van der Waals surface area (Å²) < 4.78 is 26.2. The van der Waals surface area contributed by atoms with E-state index in [9.17, 15) is 4.79 Å². The van der Waals surface area contributed by atoms with Gasteiger partial charge in [0.15, 0.2) is 19.9 Å². The van der Waals surface area contributed by atoms with Crippen molar-refractivity contribution >= 4 is 35.6 Å². The van der Waals surface area contributed by atoms with E-state index in [1.165, 1.54) is 11.1 Å². The van der Waals surface area contributed by atoms with Gasteiger partial charge in [0.2, 0.25) is 0 Å². The Kier molecular flexibility index (Phi) is 7.12. The van der Waals surface area contributed by atoms with Gasteiger partial charge in [-0.25, -0.2) is 0 Å². The predicted molar refractivity (Wildman–Crippen MR) is 161 cm³/mol. The van der Waals surface area contributed by atoms with Crippen molar-refractivity contribution in [3.8, 4) is 5.75 Å². The summed E-state index contributed by atoms with van der Waals surface area (Å²) in [5.41, 5.74) is 5.82. The summed E-state index contributed by atoms with van der Waals surface area (Å²) >= 11 is 3.58. The molecule has 1 aliphatic heterocycles. The Morgan fingerprint density at radius 1 is 0.974 bits per heavy atom. The third-order valence-corrected chi connectivity index (χ3v) is 14.0. The minimum absolute atomic E-state index is 0.0769. The third-order valence-electron chi connectivity index (χ3n) is 9.01. The van der Waals surface area contributed by atoms with Crippen LogP contribution in [0.5, 0.6) is 5.75 Å². The molecule has 2 atom stereocenters. The van der Waals surface area contributed by atoms with Crippen molar-refractivity contribution in [2.75, 3.05) is 13.2 Å². The molecule has 0 bridgehead atoms. The molecule has 5 rings (SSSR count). The van der Waals surface area contributed by atoms with Crippen LogP contribution in [0.3, 0.4) is 0 Å². The van der Waals surface area contributed by atoms with Crippen molar-refractivity contribution in [1.82, 2.24) is 0 Å². The highest BCUT2D eigenvalue weighted by Gasteiger charge is 2.45. The van der Waals surface area contributed by atoms with Gasteiger partial charge in [-0.1, -0.05) is 62.7 Å². The fourth-order valence-corrected chi connectivity index (χ4v) is 7.13. The molecule has 5 nitrogen and oxygen atoms in total. The summed E-state index contributed by atoms with van der Waals surface area (Å²) in [5, 5.41) is 0.114. The molecule has 0 radical (unpaired) electrons. The van der Waals surface area contributed by atoms with Crippen LogP contribution >= 0.6 is 15.9 Å². The molecule has 0 unspecified atom stereocenters. The molecule has 1 saturated heterocycles. The first-order valence-electron chi connectivity index (χ1n) is 13.8. The van der Waals surface area contributed by atoms with E-state index >= 15 is 0 Å². The van der Waals surface area contributed by atoms with Gasteiger partial charge in [0.05, 0.1) is 6.61 Å². The molecule has 1 fully saturated rings. The summed E-state index contributed by atoms with van der Waals surface area (Å²) in [5.74, 6) is 0.0282. The van der Waals surface area contributed by atoms with Crippen LogP contribution in [0.25, 0.3) is 5.57 Å². The van der Waals surface area contributed by atoms with E-state index in [1.807, 2.05) is 32.0 Å². The number of carbonyl (C=O) groups excluding carboxylic acids is 1. The van der Waals surface area contributed by atoms with Crippen LogP contribution in [0.1, 0.15) is 75.5 Å². The summed E-state index contributed by atoms with van der Waals surface area (Å²) in [4.78, 5) is 13.9. The lowest BCUT2D eigenvalue weighted by Crippen LogP contribution is -2.44. The molecule has 0 N–H and O–H groups in total. The molecule has 2 aromatic rings. The van der Waals surface area contributed by atoms with Crippen LogP contribution in [0.4, 0.5) is 0 Å². The van der Waals surface area contributed by atoms with E-state index in [0.29, 0.717) is 24.5 Å². The Hall–Kier alpha value is -1.77. The van der Waals surface area contributed by atoms with Gasteiger partial charge in [-0.2, -0.15) is 0 Å². The fraction of sp³-hybridized carbons (Fsp3) is 0.531. The number of fused-ring (bicyclic) bond motifs is 3. The molecule has 0 aromatic heterocycles. The highest BCUT2D eigenvalue weighted by molar-refractivity contribution is 9.10. The first-order valence-corrected chi connectivity index (χ1v) is 17.5. The molecule has 39 heavy (non-hydrogen) atoms. The summed E-state index contributed by atoms with van der Waals surface area (Å²) in [6.07, 6.45) is 0.296. The Morgan fingerprint density at radius 2 is 1.64 bits per heavy atom. The number of hydrogen-bond acceptors (Lipinski definition) is 5. The molecule has 210 valence electrons. The number of halogens is 1. The fourth-order valence-electron chi connectivity index (χ4n) is 5.71. The van der Waals surface area contributed by atoms with Crippen LogP contribution in [-0.4, -0.2) is 45.3 Å². The smallest absolute Gasteiger partial charge is 0.194 e. The molecular formula is C32H41BrO5Si. The maximum absolute atomic E-state index is 13.9. The largest absolute Gasteiger partial charge is 0.491 e. The summed E-state index contributed by atoms with van der Waals surface area (Å²) in [6, 6.07) is 12.1. The van der Waals surface area contributed by atoms with Crippen molar-refractivity contribution in [3.05, 3.63) is 68.7 Å². The molecular weight excluding hydrogens is 572 g/mol. The average Bonchev–Trinajstić information content (AvgIpc) is 3.36. The zero-order valence-electron chi connectivity index (χ0n) is 24.7. The van der Waals surface area contributed by atoms with E-state index in [1.54, 1.807) is 0 Å². The Labute approximate surface area is 242 Å². The molecule has 7 heteroatoms. The number of ether oxygens (including phenoxy) is 3. The maximum Gasteiger partial charge on any atom is 0.194 e. The zero-order valence-corrected chi connectivity index (χ0v) is 27.2. The third kappa shape index (κ3) is 5.21. The SMILES string of the molecule is CC1(C)O[C@H](COc2ccc3c(c2)C(=O)C2=C(Cc4cc(Br)ccc42)C3(C)C)[C@@H](CO[Si](C)(C)C(C)(C)C)O1. The van der Waals surface area contributed by atoms with Gasteiger partial charge in [0.1, 0.15) is 24.6 Å². The van der Waals surface area contributed by atoms with E-state index in [4.69, 9.17) is 18.6 Å². The number of hydrogen-bond donors (Lipinski definition) is 0. The lowest BCUT2D eigenvalue weighted by Gasteiger charge is -2.37. The van der Waals surface area contributed by atoms with Gasteiger partial charge in [0, 0.05) is 21.0 Å². The van der Waals surface area contributed by atoms with Gasteiger partial charge < -0.3 is 18.6 Å². The normalized spacial score (nSPS) is 23.5. The zero-order chi connectivity index (χ0) is 28.5. The van der Waals surface area contributed by atoms with Crippen LogP contribution in [-0.2, 0) is 25.7 Å². The first kappa shape index (κ1) is 28.7. The topological polar surface area (TPSA) is 54.0 Å². The minimum atomic E-state index is -1.93. The number of Topliss-reactive ketones (excluding diaryl/α,β-unsaturated/α-hetero) is 1. The number of carbonyl (C=O) groups is 1. The first-order chi connectivity index (χ1) is 18.0. The Morgan fingerprint density at radius 3 is 2.31 bits per heavy atom. The molecule has 0 amide bonds. The minimum Gasteiger partial charge on any atom is -0.491 e. The number of benzene rings is 2. The van der Waals surface area contributed by atoms with Crippen LogP contribution in [0, 0.1) is 0 Å². The van der Waals surface area contributed by atoms with Crippen molar-refractivity contribution in [2.24, 2.45) is 0 Å². The Bertz CT molecular complexity index is 1350. The van der Waals surface area contributed by atoms with Crippen molar-refractivity contribution in [2.45, 2.75) is 96.4 Å². The van der Waals surface area contributed by atoms with Crippen LogP contribution < -0.4 is 4.74 Å². The van der Waals surface area contributed by atoms with E-state index in [0.717, 1.165) is 27.6 Å². The average molecular weight is 614 g/mol. The highest BCUT2D eigenvalue weighted by atomic mass is 79.9. The molecule has 0 spiro atoms. The molecule has 2 aromatic carbocycles. The monoisotopic (exact) mass is 612 g/mol. The number of allylic oxidation sites excluding steroid dienone is 2. The van der Waals surface area contributed by atoms with Crippen LogP contribution in [0.15, 0.2) is 46.4 Å². The molecule has 0 saturated carbocycles. The Balaban J connectivity index is 1.35. The number of rotatable bonds is 6. The second-order valence-electron chi connectivity index (χ2n) is 13.6. The van der Waals surface area contributed by atoms with E-state index in [2.05, 4.69) is 81.8 Å². The second kappa shape index (κ2) is 9.66. The van der Waals surface area contributed by atoms with E-state index < -0.39 is 14.1 Å². The molecule has 3 aliphatic rings. The van der Waals surface area contributed by atoms with Crippen molar-refractivity contribution in [3.63, 3.8) is 0 Å². The predicted octanol–water partition coefficient (Wildman–Crippen LogP) is 7.85. The van der Waals surface area contributed by atoms with Gasteiger partial charge in [0.25, 0.3) is 0 Å². The van der Waals surface area contributed by atoms with Gasteiger partial charge in [-0.3, -0.25) is 4.79 Å². The van der Waals surface area contributed by atoms with Gasteiger partial charge in [-0.15, -0.1) is 0 Å². The quantitative estimate of drug-likeness (QED) is 0.311. The van der Waals surface area contributed by atoms with Crippen molar-refractivity contribution < 1.29 is 23.4 Å². The maximum atomic E-state index is 13.9. The van der Waals surface area contributed by atoms with Gasteiger partial charge in [-0.05, 0) is 84.9 Å². The summed E-state index contributed by atoms with van der Waals surface area (Å²) in [7, 11) is -1.93. The van der Waals surface area contributed by atoms with Crippen molar-refractivity contribution in [1.29, 1.82) is 0 Å². The van der Waals surface area contributed by atoms with E-state index in [-0.39, 0.29) is 28.4 Å². The summed E-state index contributed by atoms with van der Waals surface area (Å²) in [6.45, 7) is 20.3.